The average molecular weight is 228 g/mol. The summed E-state index contributed by atoms with van der Waals surface area (Å²) in [5.74, 6) is 0. The Balaban J connectivity index is 3.72. The lowest BCUT2D eigenvalue weighted by molar-refractivity contribution is 1.20. The lowest BCUT2D eigenvalue weighted by atomic mass is 10.4. The number of hydrogen-bond acceptors (Lipinski definition) is 0. The molecule has 0 atom stereocenters. The van der Waals surface area contributed by atoms with Crippen molar-refractivity contribution >= 4 is 31.9 Å². The summed E-state index contributed by atoms with van der Waals surface area (Å²) in [7, 11) is 0. The highest BCUT2D eigenvalue weighted by Gasteiger charge is 1.87. The highest BCUT2D eigenvalue weighted by molar-refractivity contribution is 9.14. The molecule has 0 bridgehead atoms. The molecule has 0 amide bonds. The zero-order valence-electron chi connectivity index (χ0n) is 4.46. The van der Waals surface area contributed by atoms with Crippen molar-refractivity contribution in [3.05, 3.63) is 8.96 Å². The lowest BCUT2D eigenvalue weighted by Gasteiger charge is -1.90. The molecule has 7 heavy (non-hydrogen) atoms. The lowest BCUT2D eigenvalue weighted by Crippen LogP contribution is -1.65. The molecule has 42 valence electrons. The molecule has 0 saturated heterocycles. The number of rotatable bonds is 1. The standard InChI is InChI=1S/C5H8Br2/c1-3-5(7)4(2)6/h3H2,1-2H3/b5-4+. The summed E-state index contributed by atoms with van der Waals surface area (Å²) in [4.78, 5) is 0. The van der Waals surface area contributed by atoms with Crippen LogP contribution in [0.3, 0.4) is 0 Å². The van der Waals surface area contributed by atoms with Gasteiger partial charge in [-0.15, -0.1) is 0 Å². The van der Waals surface area contributed by atoms with Gasteiger partial charge in [-0.1, -0.05) is 38.8 Å². The first-order valence-electron chi connectivity index (χ1n) is 2.19. The Morgan fingerprint density at radius 2 is 1.86 bits per heavy atom. The fourth-order valence-electron chi connectivity index (χ4n) is 0.244. The zero-order valence-corrected chi connectivity index (χ0v) is 7.64. The molecule has 2 heteroatoms. The van der Waals surface area contributed by atoms with Crippen molar-refractivity contribution in [3.8, 4) is 0 Å². The van der Waals surface area contributed by atoms with Gasteiger partial charge in [-0.05, 0) is 13.3 Å². The third-order valence-electron chi connectivity index (χ3n) is 0.684. The second-order valence-corrected chi connectivity index (χ2v) is 3.44. The normalized spacial score (nSPS) is 13.7. The molecule has 0 heterocycles. The summed E-state index contributed by atoms with van der Waals surface area (Å²) in [5.41, 5.74) is 0. The van der Waals surface area contributed by atoms with E-state index in [0.717, 1.165) is 6.42 Å². The molecule has 0 aliphatic carbocycles. The first-order chi connectivity index (χ1) is 3.18. The van der Waals surface area contributed by atoms with Gasteiger partial charge in [0.05, 0.1) is 0 Å². The monoisotopic (exact) mass is 226 g/mol. The SMILES string of the molecule is CC/C(Br)=C(/C)Br. The first-order valence-corrected chi connectivity index (χ1v) is 3.77. The third-order valence-corrected chi connectivity index (χ3v) is 2.85. The molecule has 0 rings (SSSR count). The topological polar surface area (TPSA) is 0 Å². The number of halogens is 2. The van der Waals surface area contributed by atoms with Gasteiger partial charge < -0.3 is 0 Å². The Hall–Kier alpha value is 0.700. The Labute approximate surface area is 61.2 Å². The second kappa shape index (κ2) is 3.67. The Morgan fingerprint density at radius 1 is 1.43 bits per heavy atom. The molecule has 0 fully saturated rings. The fourth-order valence-corrected chi connectivity index (χ4v) is 0.524. The van der Waals surface area contributed by atoms with Gasteiger partial charge in [-0.2, -0.15) is 0 Å². The molecule has 0 aliphatic heterocycles. The second-order valence-electron chi connectivity index (χ2n) is 1.29. The summed E-state index contributed by atoms with van der Waals surface area (Å²) in [6.07, 6.45) is 1.07. The van der Waals surface area contributed by atoms with Gasteiger partial charge in [0, 0.05) is 8.96 Å². The van der Waals surface area contributed by atoms with Crippen molar-refractivity contribution in [2.75, 3.05) is 0 Å². The summed E-state index contributed by atoms with van der Waals surface area (Å²) >= 11 is 6.71. The average Bonchev–Trinajstić information content (AvgIpc) is 1.65. The Kier molecular flexibility index (Phi) is 4.04. The Bertz CT molecular complexity index is 80.1. The van der Waals surface area contributed by atoms with Gasteiger partial charge in [0.15, 0.2) is 0 Å². The molecule has 0 aromatic carbocycles. The van der Waals surface area contributed by atoms with Crippen molar-refractivity contribution in [1.82, 2.24) is 0 Å². The van der Waals surface area contributed by atoms with E-state index in [1.54, 1.807) is 0 Å². The molecule has 0 aromatic heterocycles. The van der Waals surface area contributed by atoms with Gasteiger partial charge in [0.1, 0.15) is 0 Å². The van der Waals surface area contributed by atoms with E-state index in [1.165, 1.54) is 8.96 Å². The van der Waals surface area contributed by atoms with Crippen LogP contribution in [0.25, 0.3) is 0 Å². The molecular formula is C5H8Br2. The van der Waals surface area contributed by atoms with E-state index in [-0.39, 0.29) is 0 Å². The van der Waals surface area contributed by atoms with Crippen LogP contribution in [0.15, 0.2) is 8.96 Å². The van der Waals surface area contributed by atoms with Crippen LogP contribution in [-0.2, 0) is 0 Å². The molecule has 0 aromatic rings. The van der Waals surface area contributed by atoms with Crippen LogP contribution in [0.4, 0.5) is 0 Å². The van der Waals surface area contributed by atoms with Crippen LogP contribution in [0.1, 0.15) is 20.3 Å². The van der Waals surface area contributed by atoms with Gasteiger partial charge in [0.2, 0.25) is 0 Å². The molecule has 0 unspecified atom stereocenters. The summed E-state index contributed by atoms with van der Waals surface area (Å²) in [6, 6.07) is 0. The minimum atomic E-state index is 1.07. The predicted molar refractivity (Wildman–Crippen MR) is 40.8 cm³/mol. The van der Waals surface area contributed by atoms with Crippen LogP contribution in [0, 0.1) is 0 Å². The van der Waals surface area contributed by atoms with E-state index >= 15 is 0 Å². The fraction of sp³-hybridized carbons (Fsp3) is 0.600. The maximum Gasteiger partial charge on any atom is 0.00462 e. The Morgan fingerprint density at radius 3 is 1.86 bits per heavy atom. The van der Waals surface area contributed by atoms with Crippen molar-refractivity contribution in [1.29, 1.82) is 0 Å². The molecule has 0 aliphatic rings. The molecule has 0 spiro atoms. The van der Waals surface area contributed by atoms with E-state index in [4.69, 9.17) is 0 Å². The van der Waals surface area contributed by atoms with Crippen LogP contribution < -0.4 is 0 Å². The van der Waals surface area contributed by atoms with Gasteiger partial charge in [-0.3, -0.25) is 0 Å². The first kappa shape index (κ1) is 7.70. The number of allylic oxidation sites excluding steroid dienone is 2. The molecule has 0 radical (unpaired) electrons. The molecule has 0 saturated carbocycles. The smallest absolute Gasteiger partial charge is 0.00462 e. The van der Waals surface area contributed by atoms with E-state index in [1.807, 2.05) is 6.92 Å². The van der Waals surface area contributed by atoms with E-state index in [9.17, 15) is 0 Å². The van der Waals surface area contributed by atoms with Crippen LogP contribution in [0.5, 0.6) is 0 Å². The molecule has 0 N–H and O–H groups in total. The van der Waals surface area contributed by atoms with Crippen molar-refractivity contribution < 1.29 is 0 Å². The highest BCUT2D eigenvalue weighted by atomic mass is 79.9. The summed E-state index contributed by atoms with van der Waals surface area (Å²) in [6.45, 7) is 4.13. The predicted octanol–water partition coefficient (Wildman–Crippen LogP) is 3.42. The largest absolute Gasteiger partial charge is 0.0608 e. The van der Waals surface area contributed by atoms with Crippen LogP contribution in [-0.4, -0.2) is 0 Å². The highest BCUT2D eigenvalue weighted by Crippen LogP contribution is 2.19. The summed E-state index contributed by atoms with van der Waals surface area (Å²) in [5, 5.41) is 0. The zero-order chi connectivity index (χ0) is 5.86. The van der Waals surface area contributed by atoms with Crippen molar-refractivity contribution in [3.63, 3.8) is 0 Å². The maximum atomic E-state index is 3.37. The quantitative estimate of drug-likeness (QED) is 0.644. The molecular weight excluding hydrogens is 220 g/mol. The van der Waals surface area contributed by atoms with E-state index < -0.39 is 0 Å². The summed E-state index contributed by atoms with van der Waals surface area (Å²) < 4.78 is 2.43. The number of hydrogen-bond donors (Lipinski definition) is 0. The van der Waals surface area contributed by atoms with Crippen LogP contribution in [0.2, 0.25) is 0 Å². The van der Waals surface area contributed by atoms with Gasteiger partial charge >= 0.3 is 0 Å². The van der Waals surface area contributed by atoms with Crippen molar-refractivity contribution in [2.24, 2.45) is 0 Å². The third kappa shape index (κ3) is 3.30. The van der Waals surface area contributed by atoms with E-state index in [0.29, 0.717) is 0 Å². The maximum absolute atomic E-state index is 3.37. The minimum absolute atomic E-state index is 1.07. The van der Waals surface area contributed by atoms with Gasteiger partial charge in [0.25, 0.3) is 0 Å². The van der Waals surface area contributed by atoms with Crippen LogP contribution >= 0.6 is 31.9 Å². The van der Waals surface area contributed by atoms with Crippen molar-refractivity contribution in [2.45, 2.75) is 20.3 Å². The van der Waals surface area contributed by atoms with Gasteiger partial charge in [-0.25, -0.2) is 0 Å². The molecule has 0 nitrogen and oxygen atoms in total. The minimum Gasteiger partial charge on any atom is -0.0608 e. The van der Waals surface area contributed by atoms with E-state index in [2.05, 4.69) is 38.8 Å².